The Morgan fingerprint density at radius 2 is 1.82 bits per heavy atom. The van der Waals surface area contributed by atoms with Crippen LogP contribution in [0.5, 0.6) is 5.75 Å². The zero-order valence-corrected chi connectivity index (χ0v) is 14.1. The van der Waals surface area contributed by atoms with Crippen molar-refractivity contribution in [1.82, 2.24) is 0 Å². The predicted octanol–water partition coefficient (Wildman–Crippen LogP) is 5.25. The van der Waals surface area contributed by atoms with Crippen molar-refractivity contribution in [2.45, 2.75) is 71.2 Å². The van der Waals surface area contributed by atoms with Crippen molar-refractivity contribution >= 4 is 0 Å². The molecule has 0 saturated carbocycles. The summed E-state index contributed by atoms with van der Waals surface area (Å²) in [7, 11) is 0. The van der Waals surface area contributed by atoms with Gasteiger partial charge in [-0.15, -0.1) is 0 Å². The van der Waals surface area contributed by atoms with Gasteiger partial charge in [-0.3, -0.25) is 0 Å². The molecule has 0 radical (unpaired) electrons. The van der Waals surface area contributed by atoms with Crippen LogP contribution in [-0.4, -0.2) is 19.3 Å². The first-order valence-corrected chi connectivity index (χ1v) is 8.83. The maximum atomic E-state index is 6.12. The largest absolute Gasteiger partial charge is 0.494 e. The van der Waals surface area contributed by atoms with Gasteiger partial charge in [-0.25, -0.2) is 0 Å². The van der Waals surface area contributed by atoms with Gasteiger partial charge in [0.15, 0.2) is 6.29 Å². The third-order valence-electron chi connectivity index (χ3n) is 4.12. The van der Waals surface area contributed by atoms with Crippen LogP contribution in [0.4, 0.5) is 0 Å². The van der Waals surface area contributed by atoms with Crippen molar-refractivity contribution in [3.63, 3.8) is 0 Å². The highest BCUT2D eigenvalue weighted by atomic mass is 16.7. The minimum Gasteiger partial charge on any atom is -0.494 e. The maximum Gasteiger partial charge on any atom is 0.184 e. The van der Waals surface area contributed by atoms with E-state index < -0.39 is 0 Å². The topological polar surface area (TPSA) is 27.7 Å². The highest BCUT2D eigenvalue weighted by Gasteiger charge is 2.23. The Hall–Kier alpha value is -1.06. The zero-order chi connectivity index (χ0) is 15.6. The van der Waals surface area contributed by atoms with Crippen molar-refractivity contribution in [1.29, 1.82) is 0 Å². The third-order valence-corrected chi connectivity index (χ3v) is 4.12. The fraction of sp³-hybridized carbons (Fsp3) is 0.684. The molecule has 1 heterocycles. The van der Waals surface area contributed by atoms with Gasteiger partial charge in [-0.2, -0.15) is 0 Å². The summed E-state index contributed by atoms with van der Waals surface area (Å²) in [5.41, 5.74) is 1.08. The van der Waals surface area contributed by atoms with Gasteiger partial charge in [-0.1, -0.05) is 51.2 Å². The smallest absolute Gasteiger partial charge is 0.184 e. The summed E-state index contributed by atoms with van der Waals surface area (Å²) in [5, 5.41) is 0. The molecule has 2 rings (SSSR count). The maximum absolute atomic E-state index is 6.12. The van der Waals surface area contributed by atoms with Crippen molar-refractivity contribution in [3.8, 4) is 5.75 Å². The van der Waals surface area contributed by atoms with Crippen molar-refractivity contribution in [2.24, 2.45) is 0 Å². The molecule has 1 aromatic carbocycles. The molecule has 1 saturated heterocycles. The van der Waals surface area contributed by atoms with E-state index in [-0.39, 0.29) is 6.29 Å². The molecule has 0 aromatic heterocycles. The van der Waals surface area contributed by atoms with E-state index in [1.54, 1.807) is 0 Å². The quantitative estimate of drug-likeness (QED) is 0.583. The molecule has 124 valence electrons. The van der Waals surface area contributed by atoms with Crippen LogP contribution in [0.3, 0.4) is 0 Å². The fourth-order valence-electron chi connectivity index (χ4n) is 2.84. The molecule has 0 aliphatic carbocycles. The second-order valence-electron chi connectivity index (χ2n) is 5.95. The number of unbranched alkanes of at least 4 members (excludes halogenated alkanes) is 4. The summed E-state index contributed by atoms with van der Waals surface area (Å²) >= 11 is 0. The van der Waals surface area contributed by atoms with Crippen LogP contribution in [0.15, 0.2) is 24.3 Å². The number of rotatable bonds is 9. The molecule has 1 aromatic rings. The summed E-state index contributed by atoms with van der Waals surface area (Å²) in [5.74, 6) is 0.898. The Morgan fingerprint density at radius 3 is 2.55 bits per heavy atom. The molecule has 0 N–H and O–H groups in total. The summed E-state index contributed by atoms with van der Waals surface area (Å²) < 4.78 is 17.4. The number of benzene rings is 1. The van der Waals surface area contributed by atoms with Crippen LogP contribution in [0.1, 0.15) is 70.6 Å². The molecule has 2 atom stereocenters. The van der Waals surface area contributed by atoms with Gasteiger partial charge in [0.25, 0.3) is 0 Å². The van der Waals surface area contributed by atoms with Crippen LogP contribution in [0.25, 0.3) is 0 Å². The molecule has 1 aliphatic rings. The Morgan fingerprint density at radius 1 is 1.05 bits per heavy atom. The van der Waals surface area contributed by atoms with Gasteiger partial charge >= 0.3 is 0 Å². The number of hydrogen-bond acceptors (Lipinski definition) is 3. The monoisotopic (exact) mass is 306 g/mol. The van der Waals surface area contributed by atoms with Crippen LogP contribution in [0, 0.1) is 0 Å². The lowest BCUT2D eigenvalue weighted by molar-refractivity contribution is -0.218. The van der Waals surface area contributed by atoms with Crippen LogP contribution in [0.2, 0.25) is 0 Å². The van der Waals surface area contributed by atoms with Crippen LogP contribution in [-0.2, 0) is 9.47 Å². The first-order chi connectivity index (χ1) is 10.8. The molecule has 3 heteroatoms. The predicted molar refractivity (Wildman–Crippen MR) is 89.2 cm³/mol. The molecule has 1 aliphatic heterocycles. The Bertz CT molecular complexity index is 402. The van der Waals surface area contributed by atoms with Gasteiger partial charge in [0.05, 0.1) is 19.3 Å². The van der Waals surface area contributed by atoms with E-state index in [1.807, 2.05) is 31.2 Å². The molecular formula is C19H30O3. The molecule has 0 bridgehead atoms. The first kappa shape index (κ1) is 17.3. The van der Waals surface area contributed by atoms with E-state index >= 15 is 0 Å². The summed E-state index contributed by atoms with van der Waals surface area (Å²) in [4.78, 5) is 0. The Kier molecular flexibility index (Phi) is 7.75. The van der Waals surface area contributed by atoms with E-state index in [9.17, 15) is 0 Å². The van der Waals surface area contributed by atoms with E-state index in [1.165, 1.54) is 32.1 Å². The second kappa shape index (κ2) is 9.86. The molecule has 3 nitrogen and oxygen atoms in total. The van der Waals surface area contributed by atoms with Gasteiger partial charge in [0.1, 0.15) is 5.75 Å². The summed E-state index contributed by atoms with van der Waals surface area (Å²) in [6.45, 7) is 5.72. The number of ether oxygens (including phenoxy) is 3. The molecule has 1 fully saturated rings. The van der Waals surface area contributed by atoms with E-state index in [0.717, 1.165) is 30.8 Å². The number of hydrogen-bond donors (Lipinski definition) is 0. The molecular weight excluding hydrogens is 276 g/mol. The van der Waals surface area contributed by atoms with Crippen molar-refractivity contribution in [2.75, 3.05) is 13.2 Å². The fourth-order valence-corrected chi connectivity index (χ4v) is 2.84. The zero-order valence-electron chi connectivity index (χ0n) is 14.1. The SMILES string of the molecule is CCCCCCCC1CCOC(c2ccc(OCC)cc2)O1. The van der Waals surface area contributed by atoms with Crippen molar-refractivity contribution in [3.05, 3.63) is 29.8 Å². The average Bonchev–Trinajstić information content (AvgIpc) is 2.56. The Labute approximate surface area is 135 Å². The third kappa shape index (κ3) is 5.62. The van der Waals surface area contributed by atoms with Crippen LogP contribution < -0.4 is 4.74 Å². The average molecular weight is 306 g/mol. The highest BCUT2D eigenvalue weighted by Crippen LogP contribution is 2.29. The summed E-state index contributed by atoms with van der Waals surface area (Å²) in [6, 6.07) is 8.05. The van der Waals surface area contributed by atoms with Gasteiger partial charge < -0.3 is 14.2 Å². The van der Waals surface area contributed by atoms with Crippen molar-refractivity contribution < 1.29 is 14.2 Å². The second-order valence-corrected chi connectivity index (χ2v) is 5.95. The lowest BCUT2D eigenvalue weighted by Gasteiger charge is -2.30. The normalized spacial score (nSPS) is 21.7. The minimum absolute atomic E-state index is 0.218. The van der Waals surface area contributed by atoms with Gasteiger partial charge in [-0.05, 0) is 31.9 Å². The standard InChI is InChI=1S/C19H30O3/c1-3-5-6-7-8-9-18-14-15-21-19(22-18)16-10-12-17(13-11-16)20-4-2/h10-13,18-19H,3-9,14-15H2,1-2H3. The molecule has 0 amide bonds. The lowest BCUT2D eigenvalue weighted by atomic mass is 10.1. The minimum atomic E-state index is -0.218. The summed E-state index contributed by atoms with van der Waals surface area (Å²) in [6.07, 6.45) is 8.88. The lowest BCUT2D eigenvalue weighted by Crippen LogP contribution is -2.27. The molecule has 2 unspecified atom stereocenters. The van der Waals surface area contributed by atoms with E-state index in [4.69, 9.17) is 14.2 Å². The Balaban J connectivity index is 1.77. The van der Waals surface area contributed by atoms with Gasteiger partial charge in [0.2, 0.25) is 0 Å². The van der Waals surface area contributed by atoms with Crippen LogP contribution >= 0.6 is 0 Å². The van der Waals surface area contributed by atoms with E-state index in [2.05, 4.69) is 6.92 Å². The highest BCUT2D eigenvalue weighted by molar-refractivity contribution is 5.28. The molecule has 0 spiro atoms. The van der Waals surface area contributed by atoms with E-state index in [0.29, 0.717) is 12.7 Å². The van der Waals surface area contributed by atoms with Gasteiger partial charge in [0, 0.05) is 5.56 Å². The first-order valence-electron chi connectivity index (χ1n) is 8.83. The molecule has 22 heavy (non-hydrogen) atoms.